The van der Waals surface area contributed by atoms with E-state index in [1.807, 2.05) is 20.8 Å². The van der Waals surface area contributed by atoms with Gasteiger partial charge in [0.15, 0.2) is 6.23 Å². The molecule has 0 spiro atoms. The van der Waals surface area contributed by atoms with Crippen LogP contribution in [0.3, 0.4) is 0 Å². The van der Waals surface area contributed by atoms with E-state index in [9.17, 15) is 5.11 Å². The Labute approximate surface area is 104 Å². The van der Waals surface area contributed by atoms with Gasteiger partial charge in [0.25, 0.3) is 5.88 Å². The van der Waals surface area contributed by atoms with Gasteiger partial charge in [-0.05, 0) is 27.7 Å². The maximum atomic E-state index is 9.59. The van der Waals surface area contributed by atoms with Gasteiger partial charge in [0, 0.05) is 5.54 Å². The van der Waals surface area contributed by atoms with Crippen molar-refractivity contribution in [3.05, 3.63) is 5.15 Å². The van der Waals surface area contributed by atoms with Crippen molar-refractivity contribution >= 4 is 23.3 Å². The minimum Gasteiger partial charge on any atom is -0.453 e. The van der Waals surface area contributed by atoms with Crippen LogP contribution in [-0.4, -0.2) is 31.7 Å². The largest absolute Gasteiger partial charge is 0.453 e. The van der Waals surface area contributed by atoms with Gasteiger partial charge in [0.2, 0.25) is 5.15 Å². The molecule has 0 bridgehead atoms. The molecule has 1 heterocycles. The van der Waals surface area contributed by atoms with Crippen LogP contribution in [0.15, 0.2) is 0 Å². The fraction of sp³-hybridized carbons (Fsp3) is 0.778. The number of aliphatic hydroxyl groups is 1. The zero-order chi connectivity index (χ0) is 12.3. The Morgan fingerprint density at radius 2 is 2.06 bits per heavy atom. The lowest BCUT2D eigenvalue weighted by Crippen LogP contribution is -2.51. The van der Waals surface area contributed by atoms with Crippen molar-refractivity contribution in [2.75, 3.05) is 0 Å². The average molecular weight is 266 g/mol. The first-order valence-electron chi connectivity index (χ1n) is 4.90. The van der Waals surface area contributed by atoms with Gasteiger partial charge in [0.1, 0.15) is 6.10 Å². The normalized spacial score (nSPS) is 15.9. The van der Waals surface area contributed by atoms with Crippen molar-refractivity contribution in [2.45, 2.75) is 45.6 Å². The third-order valence-electron chi connectivity index (χ3n) is 1.67. The summed E-state index contributed by atoms with van der Waals surface area (Å²) in [6.07, 6.45) is -1.25. The Morgan fingerprint density at radius 1 is 1.44 bits per heavy atom. The summed E-state index contributed by atoms with van der Waals surface area (Å²) < 4.78 is 13.1. The second-order valence-electron chi connectivity index (χ2n) is 4.53. The van der Waals surface area contributed by atoms with E-state index in [-0.39, 0.29) is 16.6 Å². The van der Waals surface area contributed by atoms with Gasteiger partial charge in [-0.15, -0.1) is 4.37 Å². The van der Waals surface area contributed by atoms with Gasteiger partial charge in [-0.2, -0.15) is 4.37 Å². The predicted molar refractivity (Wildman–Crippen MR) is 63.9 cm³/mol. The van der Waals surface area contributed by atoms with Crippen molar-refractivity contribution in [1.82, 2.24) is 14.1 Å². The molecule has 0 aliphatic carbocycles. The van der Waals surface area contributed by atoms with Crippen molar-refractivity contribution < 1.29 is 9.84 Å². The topological polar surface area (TPSA) is 67.3 Å². The average Bonchev–Trinajstić information content (AvgIpc) is 2.48. The van der Waals surface area contributed by atoms with Crippen molar-refractivity contribution in [2.24, 2.45) is 0 Å². The third-order valence-corrected chi connectivity index (χ3v) is 2.53. The van der Waals surface area contributed by atoms with Gasteiger partial charge in [-0.3, -0.25) is 5.32 Å². The predicted octanol–water partition coefficient (Wildman–Crippen LogP) is 1.67. The Hall–Kier alpha value is -0.430. The molecule has 0 fully saturated rings. The molecule has 2 N–H and O–H groups in total. The number of aliphatic hydroxyl groups excluding tert-OH is 1. The van der Waals surface area contributed by atoms with Gasteiger partial charge >= 0.3 is 0 Å². The lowest BCUT2D eigenvalue weighted by atomic mass is 10.1. The molecule has 0 aliphatic heterocycles. The lowest BCUT2D eigenvalue weighted by Gasteiger charge is -2.29. The van der Waals surface area contributed by atoms with E-state index in [2.05, 4.69) is 14.1 Å². The summed E-state index contributed by atoms with van der Waals surface area (Å²) in [6, 6.07) is 0. The summed E-state index contributed by atoms with van der Waals surface area (Å²) in [7, 11) is 0. The summed E-state index contributed by atoms with van der Waals surface area (Å²) in [5.74, 6) is 0.245. The fourth-order valence-corrected chi connectivity index (χ4v) is 1.66. The van der Waals surface area contributed by atoms with Gasteiger partial charge in [0.05, 0.1) is 11.7 Å². The second-order valence-corrected chi connectivity index (χ2v) is 5.42. The van der Waals surface area contributed by atoms with E-state index >= 15 is 0 Å². The molecule has 92 valence electrons. The zero-order valence-electron chi connectivity index (χ0n) is 9.69. The maximum absolute atomic E-state index is 9.59. The zero-order valence-corrected chi connectivity index (χ0v) is 11.3. The summed E-state index contributed by atoms with van der Waals surface area (Å²) in [5, 5.41) is 12.9. The lowest BCUT2D eigenvalue weighted by molar-refractivity contribution is 0.00913. The highest BCUT2D eigenvalue weighted by Gasteiger charge is 2.24. The van der Waals surface area contributed by atoms with Crippen LogP contribution in [0.2, 0.25) is 5.15 Å². The molecule has 1 aromatic heterocycles. The molecular formula is C9H16ClN3O2S. The van der Waals surface area contributed by atoms with E-state index < -0.39 is 12.3 Å². The molecule has 0 aromatic carbocycles. The summed E-state index contributed by atoms with van der Waals surface area (Å²) in [5.41, 5.74) is -0.183. The van der Waals surface area contributed by atoms with E-state index in [4.69, 9.17) is 16.3 Å². The van der Waals surface area contributed by atoms with Crippen molar-refractivity contribution in [3.63, 3.8) is 0 Å². The number of hydrogen-bond donors (Lipinski definition) is 2. The molecule has 0 radical (unpaired) electrons. The first-order chi connectivity index (χ1) is 7.29. The monoisotopic (exact) mass is 265 g/mol. The number of aromatic nitrogens is 2. The molecule has 2 atom stereocenters. The van der Waals surface area contributed by atoms with Crippen LogP contribution >= 0.6 is 23.3 Å². The molecule has 1 aromatic rings. The molecule has 0 saturated heterocycles. The van der Waals surface area contributed by atoms with E-state index in [1.54, 1.807) is 6.92 Å². The summed E-state index contributed by atoms with van der Waals surface area (Å²) in [4.78, 5) is 0. The van der Waals surface area contributed by atoms with Crippen LogP contribution in [0.25, 0.3) is 0 Å². The van der Waals surface area contributed by atoms with E-state index in [0.29, 0.717) is 0 Å². The molecule has 0 aliphatic rings. The molecule has 1 rings (SSSR count). The molecule has 0 saturated carbocycles. The first kappa shape index (κ1) is 13.6. The highest BCUT2D eigenvalue weighted by molar-refractivity contribution is 6.99. The number of halogens is 1. The molecule has 2 unspecified atom stereocenters. The maximum Gasteiger partial charge on any atom is 0.267 e. The highest BCUT2D eigenvalue weighted by atomic mass is 35.5. The Kier molecular flexibility index (Phi) is 4.49. The molecule has 5 nitrogen and oxygen atoms in total. The van der Waals surface area contributed by atoms with Crippen LogP contribution in [0.5, 0.6) is 5.88 Å². The van der Waals surface area contributed by atoms with Crippen LogP contribution in [0, 0.1) is 0 Å². The van der Waals surface area contributed by atoms with Crippen molar-refractivity contribution in [1.29, 1.82) is 0 Å². The Morgan fingerprint density at radius 3 is 2.44 bits per heavy atom. The van der Waals surface area contributed by atoms with Crippen LogP contribution < -0.4 is 10.1 Å². The Bertz CT molecular complexity index is 338. The minimum atomic E-state index is -0.683. The van der Waals surface area contributed by atoms with Crippen LogP contribution in [0.1, 0.15) is 27.7 Å². The molecule has 7 heteroatoms. The molecule has 0 amide bonds. The first-order valence-corrected chi connectivity index (χ1v) is 6.01. The van der Waals surface area contributed by atoms with E-state index in [0.717, 1.165) is 11.7 Å². The number of ether oxygens (including phenoxy) is 1. The summed E-state index contributed by atoms with van der Waals surface area (Å²) >= 11 is 6.73. The number of rotatable bonds is 4. The van der Waals surface area contributed by atoms with Crippen molar-refractivity contribution in [3.8, 4) is 5.88 Å². The Balaban J connectivity index is 2.69. The molecular weight excluding hydrogens is 250 g/mol. The minimum absolute atomic E-state index is 0.183. The standard InChI is InChI=1S/C9H16ClN3O2S/c1-5(14)7(11-9(2,3)4)15-8-6(10)12-16-13-8/h5,7,11,14H,1-4H3. The number of nitrogens with one attached hydrogen (secondary N) is 1. The molecule has 16 heavy (non-hydrogen) atoms. The van der Waals surface area contributed by atoms with E-state index in [1.165, 1.54) is 0 Å². The number of nitrogens with zero attached hydrogens (tertiary/aromatic N) is 2. The number of hydrogen-bond acceptors (Lipinski definition) is 6. The van der Waals surface area contributed by atoms with Gasteiger partial charge < -0.3 is 9.84 Å². The fourth-order valence-electron chi connectivity index (χ4n) is 1.04. The van der Waals surface area contributed by atoms with Gasteiger partial charge in [-0.25, -0.2) is 0 Å². The quantitative estimate of drug-likeness (QED) is 0.811. The second kappa shape index (κ2) is 5.27. The smallest absolute Gasteiger partial charge is 0.267 e. The van der Waals surface area contributed by atoms with Gasteiger partial charge in [-0.1, -0.05) is 11.6 Å². The SMILES string of the molecule is CC(O)C(NC(C)(C)C)Oc1nsnc1Cl. The highest BCUT2D eigenvalue weighted by Crippen LogP contribution is 2.22. The third kappa shape index (κ3) is 4.21. The van der Waals surface area contributed by atoms with Crippen LogP contribution in [0.4, 0.5) is 0 Å². The van der Waals surface area contributed by atoms with Crippen LogP contribution in [-0.2, 0) is 0 Å². The summed E-state index contributed by atoms with van der Waals surface area (Å²) in [6.45, 7) is 7.57.